The number of para-hydroxylation sites is 1. The van der Waals surface area contributed by atoms with Crippen LogP contribution in [0.5, 0.6) is 0 Å². The van der Waals surface area contributed by atoms with E-state index in [9.17, 15) is 4.79 Å². The largest absolute Gasteiger partial charge is 0.479 e. The highest BCUT2D eigenvalue weighted by atomic mass is 16.5. The predicted octanol–water partition coefficient (Wildman–Crippen LogP) is 2.22. The lowest BCUT2D eigenvalue weighted by molar-refractivity contribution is -0.149. The zero-order chi connectivity index (χ0) is 12.3. The van der Waals surface area contributed by atoms with Gasteiger partial charge in [-0.3, -0.25) is 4.98 Å². The van der Waals surface area contributed by atoms with Crippen LogP contribution in [-0.4, -0.2) is 22.2 Å². The van der Waals surface area contributed by atoms with Crippen LogP contribution in [0.15, 0.2) is 36.4 Å². The molecule has 88 valence electrons. The highest BCUT2D eigenvalue weighted by molar-refractivity contribution is 5.78. The first-order valence-corrected chi connectivity index (χ1v) is 5.36. The van der Waals surface area contributed by atoms with Gasteiger partial charge < -0.3 is 9.84 Å². The van der Waals surface area contributed by atoms with Crippen LogP contribution < -0.4 is 0 Å². The minimum Gasteiger partial charge on any atom is -0.479 e. The third kappa shape index (κ3) is 2.79. The highest BCUT2D eigenvalue weighted by Crippen LogP contribution is 2.12. The lowest BCUT2D eigenvalue weighted by Gasteiger charge is -2.08. The summed E-state index contributed by atoms with van der Waals surface area (Å²) in [5, 5.41) is 9.74. The molecular weight excluding hydrogens is 218 g/mol. The quantitative estimate of drug-likeness (QED) is 0.876. The van der Waals surface area contributed by atoms with Crippen LogP contribution in [-0.2, 0) is 16.1 Å². The van der Waals surface area contributed by atoms with Gasteiger partial charge in [-0.2, -0.15) is 0 Å². The molecule has 2 rings (SSSR count). The predicted molar refractivity (Wildman–Crippen MR) is 63.6 cm³/mol. The van der Waals surface area contributed by atoms with Crippen molar-refractivity contribution in [3.8, 4) is 0 Å². The molecule has 0 aliphatic rings. The number of hydrogen-bond acceptors (Lipinski definition) is 3. The van der Waals surface area contributed by atoms with Crippen LogP contribution >= 0.6 is 0 Å². The normalized spacial score (nSPS) is 12.5. The Bertz CT molecular complexity index is 539. The third-order valence-corrected chi connectivity index (χ3v) is 2.49. The Morgan fingerprint density at radius 2 is 2.12 bits per heavy atom. The molecule has 1 aromatic carbocycles. The highest BCUT2D eigenvalue weighted by Gasteiger charge is 2.11. The number of hydrogen-bond donors (Lipinski definition) is 1. The SMILES string of the molecule is C[C@H](OCc1ccc2ccccc2n1)C(=O)O. The number of ether oxygens (including phenoxy) is 1. The second kappa shape index (κ2) is 4.93. The molecule has 2 aromatic rings. The Labute approximate surface area is 98.9 Å². The van der Waals surface area contributed by atoms with Crippen molar-refractivity contribution in [3.05, 3.63) is 42.1 Å². The van der Waals surface area contributed by atoms with Gasteiger partial charge in [-0.05, 0) is 19.1 Å². The average molecular weight is 231 g/mol. The second-order valence-corrected chi connectivity index (χ2v) is 3.79. The van der Waals surface area contributed by atoms with Gasteiger partial charge in [0, 0.05) is 5.39 Å². The Morgan fingerprint density at radius 1 is 1.35 bits per heavy atom. The molecule has 0 spiro atoms. The minimum absolute atomic E-state index is 0.207. The zero-order valence-electron chi connectivity index (χ0n) is 9.46. The molecular formula is C13H13NO3. The lowest BCUT2D eigenvalue weighted by Crippen LogP contribution is -2.19. The van der Waals surface area contributed by atoms with Crippen molar-refractivity contribution in [2.45, 2.75) is 19.6 Å². The molecule has 4 nitrogen and oxygen atoms in total. The maximum atomic E-state index is 10.6. The summed E-state index contributed by atoms with van der Waals surface area (Å²) >= 11 is 0. The van der Waals surface area contributed by atoms with E-state index < -0.39 is 12.1 Å². The number of benzene rings is 1. The fraction of sp³-hybridized carbons (Fsp3) is 0.231. The van der Waals surface area contributed by atoms with Gasteiger partial charge in [0.25, 0.3) is 0 Å². The summed E-state index contributed by atoms with van der Waals surface area (Å²) in [6.45, 7) is 1.71. The van der Waals surface area contributed by atoms with Crippen molar-refractivity contribution >= 4 is 16.9 Å². The smallest absolute Gasteiger partial charge is 0.332 e. The molecule has 0 unspecified atom stereocenters. The van der Waals surface area contributed by atoms with E-state index in [1.54, 1.807) is 0 Å². The van der Waals surface area contributed by atoms with Gasteiger partial charge in [0.15, 0.2) is 6.10 Å². The molecule has 0 amide bonds. The summed E-state index contributed by atoms with van der Waals surface area (Å²) in [6, 6.07) is 11.6. The number of carboxylic acids is 1. The van der Waals surface area contributed by atoms with Gasteiger partial charge in [-0.25, -0.2) is 4.79 Å². The van der Waals surface area contributed by atoms with E-state index in [0.717, 1.165) is 16.6 Å². The van der Waals surface area contributed by atoms with Crippen LogP contribution in [0.4, 0.5) is 0 Å². The first kappa shape index (κ1) is 11.5. The van der Waals surface area contributed by atoms with Gasteiger partial charge in [0.05, 0.1) is 17.8 Å². The summed E-state index contributed by atoms with van der Waals surface area (Å²) in [5.41, 5.74) is 1.62. The van der Waals surface area contributed by atoms with Gasteiger partial charge >= 0.3 is 5.97 Å². The van der Waals surface area contributed by atoms with Gasteiger partial charge in [0.1, 0.15) is 0 Å². The van der Waals surface area contributed by atoms with Crippen LogP contribution in [0.1, 0.15) is 12.6 Å². The number of aromatic nitrogens is 1. The Balaban J connectivity index is 2.12. The first-order chi connectivity index (χ1) is 8.16. The van der Waals surface area contributed by atoms with Crippen molar-refractivity contribution in [1.29, 1.82) is 0 Å². The molecule has 0 saturated carbocycles. The summed E-state index contributed by atoms with van der Waals surface area (Å²) in [6.07, 6.45) is -0.816. The maximum Gasteiger partial charge on any atom is 0.332 e. The fourth-order valence-electron chi connectivity index (χ4n) is 1.47. The minimum atomic E-state index is -0.967. The Morgan fingerprint density at radius 3 is 2.88 bits per heavy atom. The Kier molecular flexibility index (Phi) is 3.35. The van der Waals surface area contributed by atoms with E-state index in [1.807, 2.05) is 36.4 Å². The first-order valence-electron chi connectivity index (χ1n) is 5.36. The molecule has 17 heavy (non-hydrogen) atoms. The van der Waals surface area contributed by atoms with E-state index in [4.69, 9.17) is 9.84 Å². The van der Waals surface area contributed by atoms with Crippen molar-refractivity contribution in [2.75, 3.05) is 0 Å². The van der Waals surface area contributed by atoms with Gasteiger partial charge in [-0.15, -0.1) is 0 Å². The molecule has 0 saturated heterocycles. The lowest BCUT2D eigenvalue weighted by atomic mass is 10.2. The molecule has 4 heteroatoms. The summed E-state index contributed by atoms with van der Waals surface area (Å²) < 4.78 is 5.18. The second-order valence-electron chi connectivity index (χ2n) is 3.79. The van der Waals surface area contributed by atoms with E-state index >= 15 is 0 Å². The third-order valence-electron chi connectivity index (χ3n) is 2.49. The van der Waals surface area contributed by atoms with Crippen LogP contribution in [0.3, 0.4) is 0 Å². The molecule has 0 fully saturated rings. The molecule has 0 bridgehead atoms. The monoisotopic (exact) mass is 231 g/mol. The number of carboxylic acid groups (broad SMARTS) is 1. The molecule has 1 heterocycles. The number of fused-ring (bicyclic) bond motifs is 1. The summed E-state index contributed by atoms with van der Waals surface area (Å²) in [4.78, 5) is 15.0. The van der Waals surface area contributed by atoms with E-state index in [2.05, 4.69) is 4.98 Å². The van der Waals surface area contributed by atoms with Crippen molar-refractivity contribution in [1.82, 2.24) is 4.98 Å². The van der Waals surface area contributed by atoms with Gasteiger partial charge in [0.2, 0.25) is 0 Å². The van der Waals surface area contributed by atoms with E-state index in [-0.39, 0.29) is 6.61 Å². The maximum absolute atomic E-state index is 10.6. The van der Waals surface area contributed by atoms with E-state index in [0.29, 0.717) is 0 Å². The number of nitrogens with zero attached hydrogens (tertiary/aromatic N) is 1. The van der Waals surface area contributed by atoms with Crippen LogP contribution in [0.25, 0.3) is 10.9 Å². The van der Waals surface area contributed by atoms with Crippen molar-refractivity contribution in [3.63, 3.8) is 0 Å². The number of rotatable bonds is 4. The summed E-state index contributed by atoms with van der Waals surface area (Å²) in [5.74, 6) is -0.967. The van der Waals surface area contributed by atoms with Crippen molar-refractivity contribution in [2.24, 2.45) is 0 Å². The summed E-state index contributed by atoms with van der Waals surface area (Å²) in [7, 11) is 0. The zero-order valence-corrected chi connectivity index (χ0v) is 9.46. The molecule has 0 aliphatic carbocycles. The number of aliphatic carboxylic acids is 1. The fourth-order valence-corrected chi connectivity index (χ4v) is 1.47. The molecule has 1 aromatic heterocycles. The van der Waals surface area contributed by atoms with Gasteiger partial charge in [-0.1, -0.05) is 24.3 Å². The molecule has 0 aliphatic heterocycles. The topological polar surface area (TPSA) is 59.4 Å². The molecule has 0 radical (unpaired) electrons. The molecule has 1 atom stereocenters. The van der Waals surface area contributed by atoms with Crippen LogP contribution in [0, 0.1) is 0 Å². The average Bonchev–Trinajstić information content (AvgIpc) is 2.35. The van der Waals surface area contributed by atoms with Crippen molar-refractivity contribution < 1.29 is 14.6 Å². The molecule has 1 N–H and O–H groups in total. The number of pyridine rings is 1. The standard InChI is InChI=1S/C13H13NO3/c1-9(13(15)16)17-8-11-7-6-10-4-2-3-5-12(10)14-11/h2-7,9H,8H2,1H3,(H,15,16)/t9-/m0/s1. The van der Waals surface area contributed by atoms with E-state index in [1.165, 1.54) is 6.92 Å². The Hall–Kier alpha value is -1.94. The number of carbonyl (C=O) groups is 1. The van der Waals surface area contributed by atoms with Crippen LogP contribution in [0.2, 0.25) is 0 Å².